The number of rotatable bonds is 0. The lowest BCUT2D eigenvalue weighted by Crippen LogP contribution is -2.66. The van der Waals surface area contributed by atoms with E-state index in [9.17, 15) is 0 Å². The fourth-order valence-corrected chi connectivity index (χ4v) is 5.73. The Morgan fingerprint density at radius 3 is 1.80 bits per heavy atom. The highest BCUT2D eigenvalue weighted by Crippen LogP contribution is 2.48. The van der Waals surface area contributed by atoms with Crippen LogP contribution in [0.2, 0.25) is 0 Å². The number of allylic oxidation sites excluding steroid dienone is 4. The summed E-state index contributed by atoms with van der Waals surface area (Å²) in [4.78, 5) is 0. The molecule has 0 bridgehead atoms. The first-order chi connectivity index (χ1) is 12.4. The summed E-state index contributed by atoms with van der Waals surface area (Å²) in [5, 5.41) is 0. The van der Waals surface area contributed by atoms with Gasteiger partial charge in [-0.2, -0.15) is 0 Å². The molecule has 2 aromatic heterocycles. The van der Waals surface area contributed by atoms with E-state index in [4.69, 9.17) is 0 Å². The van der Waals surface area contributed by atoms with Gasteiger partial charge in [-0.1, -0.05) is 9.15 Å². The van der Waals surface area contributed by atoms with Crippen LogP contribution in [0.4, 0.5) is 0 Å². The minimum Gasteiger partial charge on any atom is -0.203 e. The fourth-order valence-electron chi connectivity index (χ4n) is 5.73. The number of hydrogen-bond donors (Lipinski definition) is 0. The smallest absolute Gasteiger partial charge is 0.203 e. The third-order valence-electron chi connectivity index (χ3n) is 6.48. The molecule has 4 heteroatoms. The van der Waals surface area contributed by atoms with Crippen molar-refractivity contribution in [2.75, 3.05) is 0 Å². The zero-order chi connectivity index (χ0) is 15.9. The molecule has 1 spiro atoms. The van der Waals surface area contributed by atoms with Crippen molar-refractivity contribution in [2.24, 2.45) is 0 Å². The molecule has 0 aromatic carbocycles. The second kappa shape index (κ2) is 3.18. The van der Waals surface area contributed by atoms with Gasteiger partial charge in [0.15, 0.2) is 0 Å². The molecule has 116 valence electrons. The van der Waals surface area contributed by atoms with E-state index in [-0.39, 0.29) is 5.91 Å². The van der Waals surface area contributed by atoms with Crippen molar-refractivity contribution in [1.82, 2.24) is 9.13 Å². The molecule has 0 aliphatic carbocycles. The predicted octanol–water partition coefficient (Wildman–Crippen LogP) is 2.47. The molecule has 0 saturated heterocycles. The van der Waals surface area contributed by atoms with Crippen molar-refractivity contribution < 1.29 is 9.15 Å². The Balaban J connectivity index is 1.70. The molecule has 0 radical (unpaired) electrons. The number of aromatic nitrogens is 2. The van der Waals surface area contributed by atoms with Gasteiger partial charge in [-0.3, -0.25) is 0 Å². The Hall–Kier alpha value is -3.14. The molecule has 6 aliphatic rings. The summed E-state index contributed by atoms with van der Waals surface area (Å²) in [6.45, 7) is 0. The van der Waals surface area contributed by atoms with E-state index >= 15 is 0 Å². The van der Waals surface area contributed by atoms with Crippen LogP contribution in [-0.4, -0.2) is 29.7 Å². The summed E-state index contributed by atoms with van der Waals surface area (Å²) in [6, 6.07) is 9.17. The molecule has 4 nitrogen and oxygen atoms in total. The van der Waals surface area contributed by atoms with E-state index in [2.05, 4.69) is 79.0 Å². The van der Waals surface area contributed by atoms with Crippen molar-refractivity contribution >= 4 is 23.6 Å². The van der Waals surface area contributed by atoms with Gasteiger partial charge in [-0.25, -0.2) is 9.13 Å². The summed E-state index contributed by atoms with van der Waals surface area (Å²) < 4.78 is 10.2. The van der Waals surface area contributed by atoms with Crippen LogP contribution in [0.5, 0.6) is 0 Å². The maximum absolute atomic E-state index is 2.55. The lowest BCUT2D eigenvalue weighted by Gasteiger charge is -2.40. The Kier molecular flexibility index (Phi) is 1.45. The quantitative estimate of drug-likeness (QED) is 0.663. The number of nitrogens with zero attached hydrogens (tertiary/aromatic N) is 4. The lowest BCUT2D eigenvalue weighted by atomic mass is 10.1. The number of hydrogen-bond acceptors (Lipinski definition) is 0. The van der Waals surface area contributed by atoms with E-state index in [1.54, 1.807) is 0 Å². The molecule has 2 aromatic rings. The summed E-state index contributed by atoms with van der Waals surface area (Å²) in [7, 11) is 0. The van der Waals surface area contributed by atoms with Crippen LogP contribution in [0.15, 0.2) is 60.0 Å². The minimum atomic E-state index is -0.370. The second-order valence-electron chi connectivity index (χ2n) is 7.58. The van der Waals surface area contributed by atoms with Crippen LogP contribution in [0, 0.1) is 0 Å². The van der Waals surface area contributed by atoms with E-state index in [0.717, 1.165) is 12.8 Å². The Morgan fingerprint density at radius 1 is 0.680 bits per heavy atom. The van der Waals surface area contributed by atoms with Gasteiger partial charge in [0, 0.05) is 54.3 Å². The maximum atomic E-state index is 2.55. The second-order valence-corrected chi connectivity index (χ2v) is 7.58. The molecule has 0 N–H and O–H groups in total. The van der Waals surface area contributed by atoms with Crippen molar-refractivity contribution in [3.63, 3.8) is 0 Å². The Labute approximate surface area is 143 Å². The molecule has 0 saturated carbocycles. The molecule has 6 aliphatic heterocycles. The van der Waals surface area contributed by atoms with Crippen molar-refractivity contribution in [1.29, 1.82) is 0 Å². The topological polar surface area (TPSA) is 15.9 Å². The monoisotopic (exact) mass is 322 g/mol. The van der Waals surface area contributed by atoms with Gasteiger partial charge in [-0.05, 0) is 24.3 Å². The fraction of sp³-hybridized carbons (Fsp3) is 0.143. The standard InChI is InChI=1S/C21H14N4/c1-2-14-10-16-5-6-18-12-20-8-7-19-11-17-4-3-15-9-13(1)22(14)21(23(15)17,24(16)18)25(19)20/h1-9,12H,10-11H2/q+2. The van der Waals surface area contributed by atoms with E-state index in [1.165, 1.54) is 45.6 Å². The molecular weight excluding hydrogens is 308 g/mol. The summed E-state index contributed by atoms with van der Waals surface area (Å²) in [5.41, 5.74) is 10.8. The average molecular weight is 322 g/mol. The van der Waals surface area contributed by atoms with E-state index in [0.29, 0.717) is 0 Å². The third-order valence-corrected chi connectivity index (χ3v) is 6.48. The van der Waals surface area contributed by atoms with E-state index < -0.39 is 0 Å². The molecule has 0 atom stereocenters. The van der Waals surface area contributed by atoms with Gasteiger partial charge in [0.1, 0.15) is 6.42 Å². The lowest BCUT2D eigenvalue weighted by molar-refractivity contribution is -0.837. The van der Waals surface area contributed by atoms with Crippen LogP contribution >= 0.6 is 0 Å². The summed E-state index contributed by atoms with van der Waals surface area (Å²) in [6.07, 6.45) is 15.8. The van der Waals surface area contributed by atoms with Crippen molar-refractivity contribution in [3.05, 3.63) is 82.7 Å². The van der Waals surface area contributed by atoms with Gasteiger partial charge in [0.25, 0.3) is 0 Å². The van der Waals surface area contributed by atoms with Gasteiger partial charge in [0.05, 0.1) is 11.4 Å². The summed E-state index contributed by atoms with van der Waals surface area (Å²) in [5.74, 6) is -0.370. The van der Waals surface area contributed by atoms with Crippen LogP contribution in [-0.2, 0) is 12.3 Å². The van der Waals surface area contributed by atoms with Crippen LogP contribution in [0.25, 0.3) is 12.2 Å². The highest BCUT2D eigenvalue weighted by Gasteiger charge is 2.71. The highest BCUT2D eigenvalue weighted by molar-refractivity contribution is 6.12. The molecule has 0 unspecified atom stereocenters. The molecule has 8 rings (SSSR count). The molecule has 25 heavy (non-hydrogen) atoms. The van der Waals surface area contributed by atoms with Crippen LogP contribution in [0.3, 0.4) is 0 Å². The Morgan fingerprint density at radius 2 is 1.24 bits per heavy atom. The predicted molar refractivity (Wildman–Crippen MR) is 94.4 cm³/mol. The van der Waals surface area contributed by atoms with Crippen molar-refractivity contribution in [3.8, 4) is 0 Å². The maximum Gasteiger partial charge on any atom is 0.552 e. The minimum absolute atomic E-state index is 0.370. The highest BCUT2D eigenvalue weighted by atomic mass is 15.6. The zero-order valence-electron chi connectivity index (χ0n) is 13.5. The van der Waals surface area contributed by atoms with Gasteiger partial charge in [-0.15, -0.1) is 0 Å². The van der Waals surface area contributed by atoms with Gasteiger partial charge in [0.2, 0.25) is 22.8 Å². The Bertz CT molecular complexity index is 1180. The first-order valence-electron chi connectivity index (χ1n) is 8.89. The van der Waals surface area contributed by atoms with E-state index in [1.807, 2.05) is 0 Å². The molecule has 8 heterocycles. The summed E-state index contributed by atoms with van der Waals surface area (Å²) >= 11 is 0. The van der Waals surface area contributed by atoms with Gasteiger partial charge < -0.3 is 0 Å². The van der Waals surface area contributed by atoms with Crippen molar-refractivity contribution in [2.45, 2.75) is 18.8 Å². The first kappa shape index (κ1) is 11.4. The first-order valence-corrected chi connectivity index (χ1v) is 8.89. The van der Waals surface area contributed by atoms with Crippen LogP contribution in [0.1, 0.15) is 29.2 Å². The largest absolute Gasteiger partial charge is 0.552 e. The average Bonchev–Trinajstić information content (AvgIpc) is 3.38. The van der Waals surface area contributed by atoms with Crippen LogP contribution < -0.4 is 0 Å². The third kappa shape index (κ3) is 0.940. The normalized spacial score (nSPS) is 23.8. The zero-order valence-corrected chi connectivity index (χ0v) is 13.5. The molecule has 0 fully saturated rings. The molecule has 0 amide bonds. The SMILES string of the molecule is C1=CC2=[N+]3C1=Cc1ccc4n1C31n3c(ccc3C4)C=C3C=CC(=[N+]31)C2. The van der Waals surface area contributed by atoms with Gasteiger partial charge >= 0.3 is 5.91 Å². The molecular formula is C21H14N4+2.